The summed E-state index contributed by atoms with van der Waals surface area (Å²) in [5.41, 5.74) is 3.67. The number of ether oxygens (including phenoxy) is 2. The summed E-state index contributed by atoms with van der Waals surface area (Å²) in [5.74, 6) is -0.0304. The minimum atomic E-state index is -2.95. The Labute approximate surface area is 181 Å². The lowest BCUT2D eigenvalue weighted by Gasteiger charge is -2.12. The first kappa shape index (κ1) is 22.5. The minimum absolute atomic E-state index is 0.0682. The highest BCUT2D eigenvalue weighted by Gasteiger charge is 2.14. The van der Waals surface area contributed by atoms with Crippen LogP contribution >= 0.6 is 11.8 Å². The summed E-state index contributed by atoms with van der Waals surface area (Å²) in [6.07, 6.45) is 0. The summed E-state index contributed by atoms with van der Waals surface area (Å²) in [6.45, 7) is 1.23. The number of carbonyl (C=O) groups excluding carboxylic acids is 1. The van der Waals surface area contributed by atoms with Gasteiger partial charge in [0.05, 0.1) is 18.6 Å². The highest BCUT2D eigenvalue weighted by Crippen LogP contribution is 2.29. The molecule has 1 aromatic heterocycles. The van der Waals surface area contributed by atoms with E-state index in [2.05, 4.69) is 25.6 Å². The average Bonchev–Trinajstić information content (AvgIpc) is 3.19. The van der Waals surface area contributed by atoms with Gasteiger partial charge in [0.25, 0.3) is 0 Å². The number of tetrazole rings is 1. The molecule has 11 heteroatoms. The fraction of sp³-hybridized carbons (Fsp3) is 0.300. The van der Waals surface area contributed by atoms with Crippen molar-refractivity contribution in [1.29, 1.82) is 0 Å². The van der Waals surface area contributed by atoms with Crippen molar-refractivity contribution in [3.05, 3.63) is 53.1 Å². The summed E-state index contributed by atoms with van der Waals surface area (Å²) in [7, 11) is 1.35. The van der Waals surface area contributed by atoms with Crippen LogP contribution in [0.3, 0.4) is 0 Å². The molecule has 0 radical (unpaired) electrons. The second-order valence-corrected chi connectivity index (χ2v) is 7.53. The van der Waals surface area contributed by atoms with E-state index >= 15 is 0 Å². The van der Waals surface area contributed by atoms with Gasteiger partial charge < -0.3 is 14.8 Å². The molecule has 0 aliphatic heterocycles. The van der Waals surface area contributed by atoms with Crippen molar-refractivity contribution >= 4 is 17.7 Å². The maximum absolute atomic E-state index is 12.4. The summed E-state index contributed by atoms with van der Waals surface area (Å²) < 4.78 is 35.9. The monoisotopic (exact) mass is 449 g/mol. The van der Waals surface area contributed by atoms with E-state index in [-0.39, 0.29) is 29.7 Å². The number of methoxy groups -OCH3 is 1. The zero-order valence-corrected chi connectivity index (χ0v) is 17.9. The Hall–Kier alpha value is -3.21. The second-order valence-electron chi connectivity index (χ2n) is 6.59. The van der Waals surface area contributed by atoms with Crippen LogP contribution in [0.4, 0.5) is 8.78 Å². The van der Waals surface area contributed by atoms with E-state index in [0.717, 1.165) is 16.8 Å². The van der Waals surface area contributed by atoms with Crippen LogP contribution in [-0.4, -0.2) is 45.6 Å². The lowest BCUT2D eigenvalue weighted by Crippen LogP contribution is -2.24. The van der Waals surface area contributed by atoms with Crippen LogP contribution in [0, 0.1) is 13.8 Å². The first-order valence-corrected chi connectivity index (χ1v) is 10.2. The maximum atomic E-state index is 12.4. The summed E-state index contributed by atoms with van der Waals surface area (Å²) in [5, 5.41) is 15.0. The highest BCUT2D eigenvalue weighted by molar-refractivity contribution is 7.99. The Morgan fingerprint density at radius 1 is 1.19 bits per heavy atom. The number of aryl methyl sites for hydroxylation is 2. The third-order valence-electron chi connectivity index (χ3n) is 4.29. The summed E-state index contributed by atoms with van der Waals surface area (Å²) >= 11 is 1.21. The zero-order valence-electron chi connectivity index (χ0n) is 17.1. The number of alkyl halides is 2. The molecular formula is C20H21F2N5O3S. The number of rotatable bonds is 9. The molecule has 31 heavy (non-hydrogen) atoms. The molecule has 0 bridgehead atoms. The van der Waals surface area contributed by atoms with Gasteiger partial charge in [-0.15, -0.1) is 5.10 Å². The van der Waals surface area contributed by atoms with Crippen molar-refractivity contribution < 1.29 is 23.0 Å². The number of nitrogens with one attached hydrogen (secondary N) is 1. The van der Waals surface area contributed by atoms with Gasteiger partial charge in [0.1, 0.15) is 0 Å². The van der Waals surface area contributed by atoms with Crippen molar-refractivity contribution in [2.24, 2.45) is 0 Å². The van der Waals surface area contributed by atoms with Gasteiger partial charge in [-0.25, -0.2) is 0 Å². The molecular weight excluding hydrogens is 428 g/mol. The molecule has 8 nitrogen and oxygen atoms in total. The third kappa shape index (κ3) is 5.91. The van der Waals surface area contributed by atoms with Gasteiger partial charge >= 0.3 is 6.61 Å². The first-order valence-electron chi connectivity index (χ1n) is 9.24. The zero-order chi connectivity index (χ0) is 22.4. The molecule has 3 rings (SSSR count). The molecule has 0 aliphatic carbocycles. The molecule has 0 spiro atoms. The quantitative estimate of drug-likeness (QED) is 0.501. The Morgan fingerprint density at radius 2 is 2.00 bits per heavy atom. The molecule has 0 aliphatic rings. The molecule has 0 saturated carbocycles. The number of nitrogens with zero attached hydrogens (tertiary/aromatic N) is 4. The number of aromatic nitrogens is 4. The van der Waals surface area contributed by atoms with E-state index in [1.165, 1.54) is 31.0 Å². The Balaban J connectivity index is 1.58. The summed E-state index contributed by atoms with van der Waals surface area (Å²) in [6, 6.07) is 10.4. The van der Waals surface area contributed by atoms with E-state index < -0.39 is 6.61 Å². The molecule has 0 atom stereocenters. The van der Waals surface area contributed by atoms with Gasteiger partial charge in [-0.2, -0.15) is 13.5 Å². The van der Waals surface area contributed by atoms with Gasteiger partial charge in [-0.1, -0.05) is 35.5 Å². The maximum Gasteiger partial charge on any atom is 0.387 e. The smallest absolute Gasteiger partial charge is 0.387 e. The van der Waals surface area contributed by atoms with E-state index in [1.807, 2.05) is 32.0 Å². The van der Waals surface area contributed by atoms with Crippen LogP contribution in [0.15, 0.2) is 41.6 Å². The van der Waals surface area contributed by atoms with Crippen molar-refractivity contribution in [2.45, 2.75) is 32.2 Å². The third-order valence-corrected chi connectivity index (χ3v) is 5.21. The molecule has 0 saturated heterocycles. The number of amides is 1. The number of thioether (sulfide) groups is 1. The Morgan fingerprint density at radius 3 is 2.71 bits per heavy atom. The fourth-order valence-electron chi connectivity index (χ4n) is 2.86. The van der Waals surface area contributed by atoms with Crippen molar-refractivity contribution in [1.82, 2.24) is 25.5 Å². The Bertz CT molecular complexity index is 1060. The van der Waals surface area contributed by atoms with Gasteiger partial charge in [-0.05, 0) is 53.6 Å². The highest BCUT2D eigenvalue weighted by atomic mass is 32.2. The van der Waals surface area contributed by atoms with Gasteiger partial charge in [0.15, 0.2) is 11.5 Å². The predicted octanol–water partition coefficient (Wildman–Crippen LogP) is 3.30. The number of hydrogen-bond donors (Lipinski definition) is 1. The van der Waals surface area contributed by atoms with Gasteiger partial charge in [0, 0.05) is 6.54 Å². The fourth-order valence-corrected chi connectivity index (χ4v) is 3.57. The normalized spacial score (nSPS) is 10.9. The van der Waals surface area contributed by atoms with Crippen molar-refractivity contribution in [2.75, 3.05) is 12.9 Å². The Kier molecular flexibility index (Phi) is 7.40. The van der Waals surface area contributed by atoms with E-state index in [9.17, 15) is 13.6 Å². The topological polar surface area (TPSA) is 91.2 Å². The number of halogens is 2. The van der Waals surface area contributed by atoms with E-state index in [4.69, 9.17) is 4.74 Å². The van der Waals surface area contributed by atoms with E-state index in [0.29, 0.717) is 10.7 Å². The largest absolute Gasteiger partial charge is 0.493 e. The number of benzene rings is 2. The molecule has 1 amide bonds. The van der Waals surface area contributed by atoms with Crippen LogP contribution in [0.2, 0.25) is 0 Å². The van der Waals surface area contributed by atoms with Crippen molar-refractivity contribution in [3.63, 3.8) is 0 Å². The molecule has 0 unspecified atom stereocenters. The number of carbonyl (C=O) groups is 1. The average molecular weight is 449 g/mol. The number of hydrogen-bond acceptors (Lipinski definition) is 7. The van der Waals surface area contributed by atoms with Crippen LogP contribution in [0.1, 0.15) is 16.7 Å². The van der Waals surface area contributed by atoms with Gasteiger partial charge in [-0.3, -0.25) is 4.79 Å². The van der Waals surface area contributed by atoms with Crippen LogP contribution in [-0.2, 0) is 11.3 Å². The molecule has 164 valence electrons. The van der Waals surface area contributed by atoms with Crippen LogP contribution in [0.5, 0.6) is 11.5 Å². The predicted molar refractivity (Wildman–Crippen MR) is 111 cm³/mol. The van der Waals surface area contributed by atoms with Crippen LogP contribution in [0.25, 0.3) is 5.69 Å². The standard InChI is InChI=1S/C20H21F2N5O3S/c1-12-4-6-15(13(2)8-12)27-20(24-25-26-27)31-11-18(28)23-10-14-5-7-16(30-19(21)22)17(9-14)29-3/h4-9,19H,10-11H2,1-3H3,(H,23,28). The molecule has 3 aromatic rings. The summed E-state index contributed by atoms with van der Waals surface area (Å²) in [4.78, 5) is 12.3. The molecule has 1 N–H and O–H groups in total. The lowest BCUT2D eigenvalue weighted by atomic mass is 10.1. The van der Waals surface area contributed by atoms with Gasteiger partial charge in [0.2, 0.25) is 11.1 Å². The lowest BCUT2D eigenvalue weighted by molar-refractivity contribution is -0.118. The van der Waals surface area contributed by atoms with Crippen LogP contribution < -0.4 is 14.8 Å². The second kappa shape index (κ2) is 10.2. The van der Waals surface area contributed by atoms with E-state index in [1.54, 1.807) is 10.7 Å². The SMILES string of the molecule is COc1cc(CNC(=O)CSc2nnnn2-c2ccc(C)cc2C)ccc1OC(F)F. The van der Waals surface area contributed by atoms with Crippen molar-refractivity contribution in [3.8, 4) is 17.2 Å². The molecule has 2 aromatic carbocycles. The first-order chi connectivity index (χ1) is 14.9. The minimum Gasteiger partial charge on any atom is -0.493 e. The molecule has 1 heterocycles. The molecule has 0 fully saturated rings.